The Morgan fingerprint density at radius 1 is 1.38 bits per heavy atom. The Labute approximate surface area is 126 Å². The number of amides is 1. The lowest BCUT2D eigenvalue weighted by molar-refractivity contribution is -0.144. The van der Waals surface area contributed by atoms with Crippen LogP contribution < -0.4 is 0 Å². The van der Waals surface area contributed by atoms with Crippen molar-refractivity contribution in [3.63, 3.8) is 0 Å². The topological polar surface area (TPSA) is 41.4 Å². The van der Waals surface area contributed by atoms with Crippen molar-refractivity contribution in [3.05, 3.63) is 18.2 Å². The van der Waals surface area contributed by atoms with Crippen molar-refractivity contribution in [3.8, 4) is 0 Å². The minimum Gasteiger partial charge on any atom is -0.340 e. The largest absolute Gasteiger partial charge is 0.340 e. The predicted molar refractivity (Wildman–Crippen MR) is 81.7 cm³/mol. The average molecular weight is 290 g/mol. The monoisotopic (exact) mass is 290 g/mol. The van der Waals surface area contributed by atoms with Crippen molar-refractivity contribution >= 4 is 5.91 Å². The van der Waals surface area contributed by atoms with Crippen molar-refractivity contribution < 1.29 is 4.79 Å². The van der Waals surface area contributed by atoms with Gasteiger partial charge in [0.05, 0.1) is 17.6 Å². The molecule has 2 fully saturated rings. The highest BCUT2D eigenvalue weighted by Crippen LogP contribution is 2.38. The van der Waals surface area contributed by atoms with Gasteiger partial charge in [0.15, 0.2) is 0 Å². The molecule has 3 heterocycles. The summed E-state index contributed by atoms with van der Waals surface area (Å²) in [6.45, 7) is 4.27. The van der Waals surface area contributed by atoms with E-state index < -0.39 is 0 Å². The standard InChI is InChI=1S/C16H26N4O/c1-16-8-4-5-9-20(11-13-10-18(2)12-17-13)14(16)6-7-15(21)19(16)3/h10,12,14H,4-9,11H2,1-3H3/t14-,16-/m0/s1. The fraction of sp³-hybridized carbons (Fsp3) is 0.750. The molecule has 0 N–H and O–H groups in total. The van der Waals surface area contributed by atoms with Crippen LogP contribution in [0, 0.1) is 0 Å². The molecule has 0 bridgehead atoms. The SMILES string of the molecule is CN1C(=O)CC[C@@H]2N(Cc3cn(C)cn3)CCCC[C@@]21C. The Kier molecular flexibility index (Phi) is 3.78. The third-order valence-corrected chi connectivity index (χ3v) is 5.43. The molecule has 3 rings (SSSR count). The third-order valence-electron chi connectivity index (χ3n) is 5.43. The van der Waals surface area contributed by atoms with Gasteiger partial charge < -0.3 is 9.47 Å². The van der Waals surface area contributed by atoms with Gasteiger partial charge in [-0.25, -0.2) is 4.98 Å². The van der Waals surface area contributed by atoms with Crippen LogP contribution in [0.2, 0.25) is 0 Å². The van der Waals surface area contributed by atoms with E-state index in [9.17, 15) is 4.79 Å². The Morgan fingerprint density at radius 3 is 2.90 bits per heavy atom. The minimum absolute atomic E-state index is 0.0272. The Balaban J connectivity index is 1.84. The maximum atomic E-state index is 12.1. The summed E-state index contributed by atoms with van der Waals surface area (Å²) in [5, 5.41) is 0. The normalized spacial score (nSPS) is 31.1. The highest BCUT2D eigenvalue weighted by Gasteiger charge is 2.47. The van der Waals surface area contributed by atoms with Crippen molar-refractivity contribution in [2.24, 2.45) is 7.05 Å². The van der Waals surface area contributed by atoms with Crippen LogP contribution in [0.4, 0.5) is 0 Å². The number of piperidine rings is 1. The molecule has 1 amide bonds. The highest BCUT2D eigenvalue weighted by molar-refractivity contribution is 5.78. The third kappa shape index (κ3) is 2.59. The summed E-state index contributed by atoms with van der Waals surface area (Å²) in [5.74, 6) is 0.299. The van der Waals surface area contributed by atoms with Crippen LogP contribution in [0.1, 0.15) is 44.7 Å². The smallest absolute Gasteiger partial charge is 0.222 e. The molecular formula is C16H26N4O. The summed E-state index contributed by atoms with van der Waals surface area (Å²) in [5.41, 5.74) is 1.10. The number of likely N-dealkylation sites (N-methyl/N-ethyl adjacent to an activating group) is 1. The fourth-order valence-electron chi connectivity index (χ4n) is 4.06. The summed E-state index contributed by atoms with van der Waals surface area (Å²) in [4.78, 5) is 21.2. The van der Waals surface area contributed by atoms with E-state index in [1.807, 2.05) is 29.9 Å². The van der Waals surface area contributed by atoms with Crippen LogP contribution in [-0.4, -0.2) is 50.4 Å². The van der Waals surface area contributed by atoms with Gasteiger partial charge in [0.1, 0.15) is 0 Å². The number of hydrogen-bond donors (Lipinski definition) is 0. The second-order valence-corrected chi connectivity index (χ2v) is 6.82. The number of carbonyl (C=O) groups excluding carboxylic acids is 1. The summed E-state index contributed by atoms with van der Waals surface area (Å²) < 4.78 is 2.00. The molecule has 2 aliphatic heterocycles. The molecule has 0 spiro atoms. The van der Waals surface area contributed by atoms with E-state index in [2.05, 4.69) is 23.0 Å². The molecule has 0 aromatic carbocycles. The first-order valence-corrected chi connectivity index (χ1v) is 7.98. The molecule has 1 aromatic rings. The van der Waals surface area contributed by atoms with Gasteiger partial charge in [-0.2, -0.15) is 0 Å². The molecular weight excluding hydrogens is 264 g/mol. The molecule has 2 atom stereocenters. The molecule has 1 aromatic heterocycles. The van der Waals surface area contributed by atoms with Crippen LogP contribution in [0.3, 0.4) is 0 Å². The number of aryl methyl sites for hydroxylation is 1. The number of carbonyl (C=O) groups is 1. The van der Waals surface area contributed by atoms with Gasteiger partial charge in [-0.1, -0.05) is 0 Å². The van der Waals surface area contributed by atoms with Gasteiger partial charge in [-0.15, -0.1) is 0 Å². The van der Waals surface area contributed by atoms with Gasteiger partial charge in [0.25, 0.3) is 0 Å². The lowest BCUT2D eigenvalue weighted by atomic mass is 9.80. The van der Waals surface area contributed by atoms with Gasteiger partial charge in [-0.05, 0) is 39.2 Å². The lowest BCUT2D eigenvalue weighted by Crippen LogP contribution is -2.63. The number of fused-ring (bicyclic) bond motifs is 1. The second-order valence-electron chi connectivity index (χ2n) is 6.82. The van der Waals surface area contributed by atoms with E-state index >= 15 is 0 Å². The number of likely N-dealkylation sites (tertiary alicyclic amines) is 2. The maximum Gasteiger partial charge on any atom is 0.222 e. The number of imidazole rings is 1. The van der Waals surface area contributed by atoms with Gasteiger partial charge in [0, 0.05) is 39.3 Å². The van der Waals surface area contributed by atoms with Gasteiger partial charge >= 0.3 is 0 Å². The van der Waals surface area contributed by atoms with Crippen molar-refractivity contribution in [2.75, 3.05) is 13.6 Å². The molecule has 0 aliphatic carbocycles. The first kappa shape index (κ1) is 14.6. The molecule has 5 nitrogen and oxygen atoms in total. The zero-order valence-corrected chi connectivity index (χ0v) is 13.4. The van der Waals surface area contributed by atoms with Gasteiger partial charge in [0.2, 0.25) is 5.91 Å². The first-order chi connectivity index (χ1) is 10.0. The lowest BCUT2D eigenvalue weighted by Gasteiger charge is -2.51. The maximum absolute atomic E-state index is 12.1. The fourth-order valence-corrected chi connectivity index (χ4v) is 4.06. The van der Waals surface area contributed by atoms with Gasteiger partial charge in [-0.3, -0.25) is 9.69 Å². The number of rotatable bonds is 2. The summed E-state index contributed by atoms with van der Waals surface area (Å²) in [7, 11) is 3.99. The Hall–Kier alpha value is -1.36. The van der Waals surface area contributed by atoms with E-state index in [-0.39, 0.29) is 5.54 Å². The van der Waals surface area contributed by atoms with E-state index in [0.717, 1.165) is 31.6 Å². The molecule has 0 radical (unpaired) electrons. The van der Waals surface area contributed by atoms with Crippen LogP contribution in [0.5, 0.6) is 0 Å². The molecule has 2 aliphatic rings. The van der Waals surface area contributed by atoms with Crippen molar-refractivity contribution in [1.82, 2.24) is 19.4 Å². The molecule has 0 unspecified atom stereocenters. The van der Waals surface area contributed by atoms with E-state index in [4.69, 9.17) is 0 Å². The number of nitrogens with zero attached hydrogens (tertiary/aromatic N) is 4. The van der Waals surface area contributed by atoms with Crippen LogP contribution in [0.25, 0.3) is 0 Å². The molecule has 5 heteroatoms. The molecule has 116 valence electrons. The number of aromatic nitrogens is 2. The average Bonchev–Trinajstić information content (AvgIpc) is 2.78. The zero-order valence-electron chi connectivity index (χ0n) is 13.4. The molecule has 21 heavy (non-hydrogen) atoms. The van der Waals surface area contributed by atoms with Crippen LogP contribution >= 0.6 is 0 Å². The zero-order chi connectivity index (χ0) is 15.0. The van der Waals surface area contributed by atoms with Crippen molar-refractivity contribution in [1.29, 1.82) is 0 Å². The quantitative estimate of drug-likeness (QED) is 0.834. The summed E-state index contributed by atoms with van der Waals surface area (Å²) in [6, 6.07) is 0.449. The first-order valence-electron chi connectivity index (χ1n) is 7.98. The number of hydrogen-bond acceptors (Lipinski definition) is 3. The summed E-state index contributed by atoms with van der Waals surface area (Å²) >= 11 is 0. The molecule has 2 saturated heterocycles. The highest BCUT2D eigenvalue weighted by atomic mass is 16.2. The van der Waals surface area contributed by atoms with Crippen LogP contribution in [0.15, 0.2) is 12.5 Å². The minimum atomic E-state index is -0.0272. The van der Waals surface area contributed by atoms with Crippen molar-refractivity contribution in [2.45, 2.75) is 57.2 Å². The van der Waals surface area contributed by atoms with Crippen LogP contribution in [-0.2, 0) is 18.4 Å². The summed E-state index contributed by atoms with van der Waals surface area (Å²) in [6.07, 6.45) is 9.13. The Bertz CT molecular complexity index is 526. The second kappa shape index (κ2) is 5.44. The Morgan fingerprint density at radius 2 is 2.19 bits per heavy atom. The van der Waals surface area contributed by atoms with E-state index in [1.54, 1.807) is 0 Å². The molecule has 0 saturated carbocycles. The van der Waals surface area contributed by atoms with E-state index in [1.165, 1.54) is 12.8 Å². The van der Waals surface area contributed by atoms with E-state index in [0.29, 0.717) is 18.4 Å². The predicted octanol–water partition coefficient (Wildman–Crippen LogP) is 1.79.